The molecular weight excluding hydrogens is 420 g/mol. The molecule has 4 rings (SSSR count). The third-order valence-electron chi connectivity index (χ3n) is 5.37. The van der Waals surface area contributed by atoms with Crippen molar-refractivity contribution in [1.82, 2.24) is 4.90 Å². The van der Waals surface area contributed by atoms with E-state index in [0.717, 1.165) is 11.3 Å². The zero-order valence-electron chi connectivity index (χ0n) is 18.2. The van der Waals surface area contributed by atoms with Gasteiger partial charge in [-0.25, -0.2) is 0 Å². The number of carbonyl (C=O) groups is 2. The van der Waals surface area contributed by atoms with E-state index in [-0.39, 0.29) is 23.5 Å². The van der Waals surface area contributed by atoms with Gasteiger partial charge in [-0.05, 0) is 47.5 Å². The number of anilines is 2. The molecule has 3 aromatic rings. The number of nitro groups is 1. The topological polar surface area (TPSA) is 95.8 Å². The molecule has 3 aromatic carbocycles. The number of nitrogens with zero attached hydrogens (tertiary/aromatic N) is 3. The number of imide groups is 1. The summed E-state index contributed by atoms with van der Waals surface area (Å²) in [5.41, 5.74) is 3.12. The lowest BCUT2D eigenvalue weighted by Crippen LogP contribution is -2.31. The Kier molecular flexibility index (Phi) is 5.91. The first-order valence-electron chi connectivity index (χ1n) is 10.3. The maximum atomic E-state index is 13.4. The predicted octanol–water partition coefficient (Wildman–Crippen LogP) is 4.05. The molecule has 0 atom stereocenters. The van der Waals surface area contributed by atoms with Gasteiger partial charge < -0.3 is 10.2 Å². The molecule has 33 heavy (non-hydrogen) atoms. The van der Waals surface area contributed by atoms with E-state index in [4.69, 9.17) is 0 Å². The molecule has 1 N–H and O–H groups in total. The Hall–Kier alpha value is -4.46. The summed E-state index contributed by atoms with van der Waals surface area (Å²) in [6.07, 6.45) is 0. The summed E-state index contributed by atoms with van der Waals surface area (Å²) in [7, 11) is 3.86. The van der Waals surface area contributed by atoms with Crippen LogP contribution in [0.25, 0.3) is 5.57 Å². The molecular formula is C25H22N4O4. The number of non-ortho nitro benzene ring substituents is 1. The van der Waals surface area contributed by atoms with E-state index in [0.29, 0.717) is 11.3 Å². The van der Waals surface area contributed by atoms with Crippen LogP contribution in [-0.4, -0.2) is 35.7 Å². The zero-order chi connectivity index (χ0) is 23.5. The highest BCUT2D eigenvalue weighted by atomic mass is 16.6. The molecule has 8 nitrogen and oxygen atoms in total. The summed E-state index contributed by atoms with van der Waals surface area (Å²) in [6.45, 7) is 0.125. The van der Waals surface area contributed by atoms with Crippen LogP contribution in [0.4, 0.5) is 17.1 Å². The van der Waals surface area contributed by atoms with Crippen molar-refractivity contribution in [3.05, 3.63) is 106 Å². The summed E-state index contributed by atoms with van der Waals surface area (Å²) in [6, 6.07) is 22.3. The van der Waals surface area contributed by atoms with Gasteiger partial charge in [-0.1, -0.05) is 30.3 Å². The second kappa shape index (κ2) is 8.96. The smallest absolute Gasteiger partial charge is 0.278 e. The van der Waals surface area contributed by atoms with Gasteiger partial charge in [0.15, 0.2) is 0 Å². The Morgan fingerprint density at radius 2 is 1.52 bits per heavy atom. The number of amides is 2. The number of hydrogen-bond donors (Lipinski definition) is 1. The minimum atomic E-state index is -0.507. The highest BCUT2D eigenvalue weighted by molar-refractivity contribution is 6.36. The molecule has 0 saturated carbocycles. The Morgan fingerprint density at radius 3 is 2.09 bits per heavy atom. The average molecular weight is 442 g/mol. The van der Waals surface area contributed by atoms with Gasteiger partial charge >= 0.3 is 0 Å². The molecule has 1 aliphatic heterocycles. The fourth-order valence-corrected chi connectivity index (χ4v) is 3.61. The van der Waals surface area contributed by atoms with Crippen molar-refractivity contribution in [2.75, 3.05) is 24.3 Å². The number of nitrogens with one attached hydrogen (secondary N) is 1. The van der Waals surface area contributed by atoms with Crippen LogP contribution in [0.2, 0.25) is 0 Å². The molecule has 2 amide bonds. The minimum absolute atomic E-state index is 0.0916. The van der Waals surface area contributed by atoms with Crippen molar-refractivity contribution in [2.45, 2.75) is 6.54 Å². The summed E-state index contributed by atoms with van der Waals surface area (Å²) in [5, 5.41) is 14.1. The highest BCUT2D eigenvalue weighted by Crippen LogP contribution is 2.32. The van der Waals surface area contributed by atoms with Gasteiger partial charge in [0, 0.05) is 37.6 Å². The molecule has 0 aromatic heterocycles. The van der Waals surface area contributed by atoms with E-state index in [9.17, 15) is 19.7 Å². The van der Waals surface area contributed by atoms with E-state index >= 15 is 0 Å². The Bertz CT molecular complexity index is 1230. The van der Waals surface area contributed by atoms with Crippen LogP contribution in [0.5, 0.6) is 0 Å². The molecule has 0 saturated heterocycles. The van der Waals surface area contributed by atoms with Crippen molar-refractivity contribution in [3.8, 4) is 0 Å². The fourth-order valence-electron chi connectivity index (χ4n) is 3.61. The highest BCUT2D eigenvalue weighted by Gasteiger charge is 2.39. The van der Waals surface area contributed by atoms with Crippen LogP contribution in [0, 0.1) is 10.1 Å². The molecule has 0 spiro atoms. The molecule has 0 bridgehead atoms. The van der Waals surface area contributed by atoms with Crippen LogP contribution in [0.15, 0.2) is 84.6 Å². The number of hydrogen-bond acceptors (Lipinski definition) is 6. The maximum absolute atomic E-state index is 13.4. The first kappa shape index (κ1) is 21.8. The molecule has 0 unspecified atom stereocenters. The SMILES string of the molecule is CN(C)c1ccc(NC2=C(c3ccc([N+](=O)[O-])cc3)C(=O)N(Cc3ccccc3)C2=O)cc1. The van der Waals surface area contributed by atoms with Crippen LogP contribution in [-0.2, 0) is 16.1 Å². The number of nitro benzene ring substituents is 1. The molecule has 166 valence electrons. The first-order valence-corrected chi connectivity index (χ1v) is 10.3. The quantitative estimate of drug-likeness (QED) is 0.337. The zero-order valence-corrected chi connectivity index (χ0v) is 18.2. The molecule has 0 fully saturated rings. The number of rotatable bonds is 7. The van der Waals surface area contributed by atoms with Gasteiger partial charge in [0.25, 0.3) is 17.5 Å². The Balaban J connectivity index is 1.72. The first-order chi connectivity index (χ1) is 15.8. The Morgan fingerprint density at radius 1 is 0.879 bits per heavy atom. The second-order valence-corrected chi connectivity index (χ2v) is 7.80. The molecule has 0 aliphatic carbocycles. The minimum Gasteiger partial charge on any atom is -0.378 e. The Labute approximate surface area is 190 Å². The summed E-state index contributed by atoms with van der Waals surface area (Å²) < 4.78 is 0. The molecule has 1 aliphatic rings. The van der Waals surface area contributed by atoms with Gasteiger partial charge in [0.05, 0.1) is 17.0 Å². The summed E-state index contributed by atoms with van der Waals surface area (Å²) in [5.74, 6) is -0.904. The summed E-state index contributed by atoms with van der Waals surface area (Å²) in [4.78, 5) is 40.3. The van der Waals surface area contributed by atoms with E-state index in [1.807, 2.05) is 73.6 Å². The lowest BCUT2D eigenvalue weighted by molar-refractivity contribution is -0.384. The van der Waals surface area contributed by atoms with Gasteiger partial charge in [-0.15, -0.1) is 0 Å². The molecule has 0 radical (unpaired) electrons. The number of benzene rings is 3. The lowest BCUT2D eigenvalue weighted by atomic mass is 10.0. The fraction of sp³-hybridized carbons (Fsp3) is 0.120. The van der Waals surface area contributed by atoms with Crippen LogP contribution in [0.1, 0.15) is 11.1 Å². The van der Waals surface area contributed by atoms with E-state index in [1.54, 1.807) is 0 Å². The lowest BCUT2D eigenvalue weighted by Gasteiger charge is -2.16. The normalized spacial score (nSPS) is 13.5. The van der Waals surface area contributed by atoms with E-state index < -0.39 is 16.7 Å². The van der Waals surface area contributed by atoms with Crippen molar-refractivity contribution in [3.63, 3.8) is 0 Å². The third-order valence-corrected chi connectivity index (χ3v) is 5.37. The van der Waals surface area contributed by atoms with Crippen LogP contribution in [0.3, 0.4) is 0 Å². The van der Waals surface area contributed by atoms with Crippen LogP contribution >= 0.6 is 0 Å². The standard InChI is InChI=1S/C25H22N4O4/c1-27(2)20-14-10-19(11-15-20)26-23-22(18-8-12-21(13-9-18)29(32)33)24(30)28(25(23)31)16-17-6-4-3-5-7-17/h3-15,26H,16H2,1-2H3. The van der Waals surface area contributed by atoms with Gasteiger partial charge in [0.1, 0.15) is 5.70 Å². The van der Waals surface area contributed by atoms with E-state index in [1.165, 1.54) is 29.2 Å². The van der Waals surface area contributed by atoms with Gasteiger partial charge in [-0.2, -0.15) is 0 Å². The average Bonchev–Trinajstić information content (AvgIpc) is 3.04. The predicted molar refractivity (Wildman–Crippen MR) is 126 cm³/mol. The largest absolute Gasteiger partial charge is 0.378 e. The maximum Gasteiger partial charge on any atom is 0.278 e. The molecule has 8 heteroatoms. The number of carbonyl (C=O) groups excluding carboxylic acids is 2. The summed E-state index contributed by atoms with van der Waals surface area (Å²) >= 11 is 0. The molecule has 1 heterocycles. The van der Waals surface area contributed by atoms with Crippen molar-refractivity contribution < 1.29 is 14.5 Å². The van der Waals surface area contributed by atoms with Crippen LogP contribution < -0.4 is 10.2 Å². The van der Waals surface area contributed by atoms with Gasteiger partial charge in [0.2, 0.25) is 0 Å². The second-order valence-electron chi connectivity index (χ2n) is 7.80. The third kappa shape index (κ3) is 4.45. The van der Waals surface area contributed by atoms with Crippen molar-refractivity contribution in [1.29, 1.82) is 0 Å². The van der Waals surface area contributed by atoms with Gasteiger partial charge in [-0.3, -0.25) is 24.6 Å². The van der Waals surface area contributed by atoms with Crippen molar-refractivity contribution in [2.24, 2.45) is 0 Å². The van der Waals surface area contributed by atoms with E-state index in [2.05, 4.69) is 5.32 Å². The van der Waals surface area contributed by atoms with Crippen molar-refractivity contribution >= 4 is 34.4 Å². The monoisotopic (exact) mass is 442 g/mol.